The Morgan fingerprint density at radius 1 is 1.13 bits per heavy atom. The number of carbonyl (C=O) groups excluding carboxylic acids is 1. The first-order valence-corrected chi connectivity index (χ1v) is 10.9. The van der Waals surface area contributed by atoms with Gasteiger partial charge in [0.05, 0.1) is 23.0 Å². The molecule has 4 aromatic rings. The summed E-state index contributed by atoms with van der Waals surface area (Å²) in [4.78, 5) is 19.7. The number of amides is 1. The summed E-state index contributed by atoms with van der Waals surface area (Å²) in [6.07, 6.45) is 1.58. The molecule has 8 heteroatoms. The summed E-state index contributed by atoms with van der Waals surface area (Å²) >= 11 is 7.22. The number of thioether (sulfide) groups is 1. The number of aromatic nitrogens is 2. The molecule has 3 aromatic carbocycles. The van der Waals surface area contributed by atoms with E-state index in [0.717, 1.165) is 22.2 Å². The van der Waals surface area contributed by atoms with Crippen molar-refractivity contribution in [3.05, 3.63) is 88.9 Å². The number of hydrogen-bond acceptors (Lipinski definition) is 5. The Labute approximate surface area is 188 Å². The second-order valence-electron chi connectivity index (χ2n) is 6.63. The fourth-order valence-corrected chi connectivity index (χ4v) is 3.58. The molecule has 0 unspecified atom stereocenters. The zero-order valence-electron chi connectivity index (χ0n) is 16.4. The smallest absolute Gasteiger partial charge is 0.250 e. The van der Waals surface area contributed by atoms with E-state index in [1.54, 1.807) is 6.21 Å². The maximum Gasteiger partial charge on any atom is 0.250 e. The van der Waals surface area contributed by atoms with Crippen molar-refractivity contribution in [1.82, 2.24) is 15.4 Å². The maximum atomic E-state index is 12.1. The van der Waals surface area contributed by atoms with E-state index >= 15 is 0 Å². The molecule has 2 N–H and O–H groups in total. The molecular weight excluding hydrogens is 432 g/mol. The van der Waals surface area contributed by atoms with Gasteiger partial charge in [0.25, 0.3) is 5.91 Å². The van der Waals surface area contributed by atoms with Crippen molar-refractivity contribution >= 4 is 46.5 Å². The number of halogens is 1. The fourth-order valence-electron chi connectivity index (χ4n) is 2.77. The van der Waals surface area contributed by atoms with Crippen LogP contribution < -0.4 is 10.2 Å². The highest BCUT2D eigenvalue weighted by molar-refractivity contribution is 7.99. The molecule has 0 spiro atoms. The van der Waals surface area contributed by atoms with E-state index in [0.29, 0.717) is 22.5 Å². The minimum absolute atomic E-state index is 0.210. The van der Waals surface area contributed by atoms with Gasteiger partial charge in [0, 0.05) is 5.02 Å². The Balaban J connectivity index is 1.25. The quantitative estimate of drug-likeness (QED) is 0.224. The standard InChI is InChI=1S/C23H19ClN4O2S/c24-18-10-8-16(9-11-18)14-30-19-5-3-4-17(12-19)13-25-28-22(29)15-31-23-26-20-6-1-2-7-21(20)27-23/h1-13H,14-15H2,(H,26,27)(H,28,29)/b25-13+. The average Bonchev–Trinajstić information content (AvgIpc) is 3.21. The van der Waals surface area contributed by atoms with E-state index < -0.39 is 0 Å². The van der Waals surface area contributed by atoms with Gasteiger partial charge in [0.15, 0.2) is 5.16 Å². The van der Waals surface area contributed by atoms with Crippen molar-refractivity contribution in [1.29, 1.82) is 0 Å². The molecule has 6 nitrogen and oxygen atoms in total. The minimum atomic E-state index is -0.211. The molecule has 0 saturated heterocycles. The van der Waals surface area contributed by atoms with Crippen LogP contribution >= 0.6 is 23.4 Å². The number of H-pyrrole nitrogens is 1. The Bertz CT molecular complexity index is 1170. The van der Waals surface area contributed by atoms with Crippen LogP contribution in [0.15, 0.2) is 83.1 Å². The van der Waals surface area contributed by atoms with Crippen LogP contribution in [0.5, 0.6) is 5.75 Å². The first kappa shape index (κ1) is 21.0. The number of para-hydroxylation sites is 2. The molecule has 31 heavy (non-hydrogen) atoms. The zero-order valence-corrected chi connectivity index (χ0v) is 18.0. The molecule has 156 valence electrons. The summed E-state index contributed by atoms with van der Waals surface area (Å²) in [5.74, 6) is 0.712. The number of fused-ring (bicyclic) bond motifs is 1. The molecule has 4 rings (SSSR count). The van der Waals surface area contributed by atoms with Crippen molar-refractivity contribution < 1.29 is 9.53 Å². The van der Waals surface area contributed by atoms with Gasteiger partial charge in [-0.05, 0) is 47.5 Å². The highest BCUT2D eigenvalue weighted by Gasteiger charge is 2.06. The van der Waals surface area contributed by atoms with Crippen LogP contribution in [0.1, 0.15) is 11.1 Å². The lowest BCUT2D eigenvalue weighted by Crippen LogP contribution is -2.19. The first-order chi connectivity index (χ1) is 15.2. The molecule has 0 radical (unpaired) electrons. The van der Waals surface area contributed by atoms with Crippen molar-refractivity contribution in [3.63, 3.8) is 0 Å². The van der Waals surface area contributed by atoms with E-state index in [9.17, 15) is 4.79 Å². The number of benzene rings is 3. The molecule has 1 amide bonds. The molecule has 0 aliphatic carbocycles. The number of rotatable bonds is 8. The molecular formula is C23H19ClN4O2S. The molecule has 1 heterocycles. The van der Waals surface area contributed by atoms with Crippen molar-refractivity contribution in [2.24, 2.45) is 5.10 Å². The number of imidazole rings is 1. The minimum Gasteiger partial charge on any atom is -0.489 e. The first-order valence-electron chi connectivity index (χ1n) is 9.52. The van der Waals surface area contributed by atoms with Gasteiger partial charge in [0.1, 0.15) is 12.4 Å². The van der Waals surface area contributed by atoms with Crippen molar-refractivity contribution in [2.45, 2.75) is 11.8 Å². The number of nitrogens with zero attached hydrogens (tertiary/aromatic N) is 2. The van der Waals surface area contributed by atoms with Crippen LogP contribution in [0.4, 0.5) is 0 Å². The van der Waals surface area contributed by atoms with Gasteiger partial charge >= 0.3 is 0 Å². The second-order valence-corrected chi connectivity index (χ2v) is 8.03. The molecule has 0 saturated carbocycles. The summed E-state index contributed by atoms with van der Waals surface area (Å²) < 4.78 is 5.81. The normalized spacial score (nSPS) is 11.1. The van der Waals surface area contributed by atoms with Gasteiger partial charge in [-0.15, -0.1) is 0 Å². The average molecular weight is 451 g/mol. The molecule has 0 aliphatic heterocycles. The molecule has 0 fully saturated rings. The van der Waals surface area contributed by atoms with E-state index in [-0.39, 0.29) is 11.7 Å². The lowest BCUT2D eigenvalue weighted by atomic mass is 10.2. The summed E-state index contributed by atoms with van der Waals surface area (Å²) in [6.45, 7) is 0.438. The van der Waals surface area contributed by atoms with E-state index in [4.69, 9.17) is 16.3 Å². The number of ether oxygens (including phenoxy) is 1. The molecule has 0 atom stereocenters. The van der Waals surface area contributed by atoms with Crippen molar-refractivity contribution in [2.75, 3.05) is 5.75 Å². The van der Waals surface area contributed by atoms with Crippen LogP contribution in [0.3, 0.4) is 0 Å². The van der Waals surface area contributed by atoms with Crippen molar-refractivity contribution in [3.8, 4) is 5.75 Å². The summed E-state index contributed by atoms with van der Waals surface area (Å²) in [5, 5.41) is 5.42. The number of hydrazone groups is 1. The number of hydrogen-bond donors (Lipinski definition) is 2. The highest BCUT2D eigenvalue weighted by Crippen LogP contribution is 2.19. The van der Waals surface area contributed by atoms with Gasteiger partial charge in [-0.25, -0.2) is 10.4 Å². The Hall–Kier alpha value is -3.29. The molecule has 1 aromatic heterocycles. The van der Waals surface area contributed by atoms with E-state index in [2.05, 4.69) is 20.5 Å². The predicted molar refractivity (Wildman–Crippen MR) is 125 cm³/mol. The van der Waals surface area contributed by atoms with Crippen LogP contribution in [0.25, 0.3) is 11.0 Å². The van der Waals surface area contributed by atoms with Gasteiger partial charge in [-0.2, -0.15) is 5.10 Å². The maximum absolute atomic E-state index is 12.1. The van der Waals surface area contributed by atoms with Crippen LogP contribution in [-0.4, -0.2) is 27.8 Å². The van der Waals surface area contributed by atoms with Gasteiger partial charge in [-0.3, -0.25) is 4.79 Å². The second kappa shape index (κ2) is 10.1. The molecule has 0 bridgehead atoms. The molecule has 0 aliphatic rings. The van der Waals surface area contributed by atoms with Gasteiger partial charge < -0.3 is 9.72 Å². The lowest BCUT2D eigenvalue weighted by molar-refractivity contribution is -0.118. The van der Waals surface area contributed by atoms with E-state index in [1.807, 2.05) is 72.8 Å². The highest BCUT2D eigenvalue weighted by atomic mass is 35.5. The predicted octanol–water partition coefficient (Wildman–Crippen LogP) is 5.04. The Kier molecular flexibility index (Phi) is 6.86. The number of carbonyl (C=O) groups is 1. The summed E-state index contributed by atoms with van der Waals surface area (Å²) in [7, 11) is 0. The summed E-state index contributed by atoms with van der Waals surface area (Å²) in [5.41, 5.74) is 6.20. The number of nitrogens with one attached hydrogen (secondary N) is 2. The fraction of sp³-hybridized carbons (Fsp3) is 0.0870. The number of aromatic amines is 1. The third-order valence-corrected chi connectivity index (χ3v) is 5.41. The van der Waals surface area contributed by atoms with Crippen LogP contribution in [-0.2, 0) is 11.4 Å². The van der Waals surface area contributed by atoms with E-state index in [1.165, 1.54) is 11.8 Å². The lowest BCUT2D eigenvalue weighted by Gasteiger charge is -2.07. The summed E-state index contributed by atoms with van der Waals surface area (Å²) in [6, 6.07) is 22.7. The third kappa shape index (κ3) is 6.10. The van der Waals surface area contributed by atoms with Crippen LogP contribution in [0, 0.1) is 0 Å². The topological polar surface area (TPSA) is 79.4 Å². The largest absolute Gasteiger partial charge is 0.489 e. The Morgan fingerprint density at radius 2 is 1.97 bits per heavy atom. The van der Waals surface area contributed by atoms with Crippen LogP contribution in [0.2, 0.25) is 5.02 Å². The van der Waals surface area contributed by atoms with Gasteiger partial charge in [-0.1, -0.05) is 59.8 Å². The van der Waals surface area contributed by atoms with Gasteiger partial charge in [0.2, 0.25) is 0 Å². The zero-order chi connectivity index (χ0) is 21.5. The third-order valence-electron chi connectivity index (χ3n) is 4.29. The Morgan fingerprint density at radius 3 is 2.81 bits per heavy atom. The SMILES string of the molecule is O=C(CSc1nc2ccccc2[nH]1)N/N=C/c1cccc(OCc2ccc(Cl)cc2)c1. The monoisotopic (exact) mass is 450 g/mol.